The third-order valence-corrected chi connectivity index (χ3v) is 4.07. The number of ether oxygens (including phenoxy) is 3. The standard InChI is InChI=1S/C18H22F2N2O5/c1-5-25-13-9-11(7-8-12(13)27-17(19)20)15-14(16(23)26-6-2)10(3)22(4)18(24)21-15/h7-9,15,17H,5-6H2,1-4H3,(H,21,24)/t15-/m0/s1. The van der Waals surface area contributed by atoms with Crippen molar-refractivity contribution >= 4 is 12.0 Å². The number of alkyl halides is 2. The van der Waals surface area contributed by atoms with E-state index in [1.54, 1.807) is 20.8 Å². The number of nitrogens with zero attached hydrogens (tertiary/aromatic N) is 1. The Balaban J connectivity index is 2.51. The van der Waals surface area contributed by atoms with Crippen molar-refractivity contribution in [2.45, 2.75) is 33.4 Å². The van der Waals surface area contributed by atoms with Crippen molar-refractivity contribution in [2.75, 3.05) is 20.3 Å². The maximum Gasteiger partial charge on any atom is 0.387 e. The lowest BCUT2D eigenvalue weighted by molar-refractivity contribution is -0.139. The molecule has 9 heteroatoms. The van der Waals surface area contributed by atoms with Crippen molar-refractivity contribution in [1.29, 1.82) is 0 Å². The van der Waals surface area contributed by atoms with Gasteiger partial charge in [-0.05, 0) is 38.5 Å². The number of benzene rings is 1. The van der Waals surface area contributed by atoms with Crippen LogP contribution in [0.15, 0.2) is 29.5 Å². The average molecular weight is 384 g/mol. The van der Waals surface area contributed by atoms with Gasteiger partial charge in [0.05, 0.1) is 24.8 Å². The number of esters is 1. The highest BCUT2D eigenvalue weighted by Gasteiger charge is 2.35. The monoisotopic (exact) mass is 384 g/mol. The van der Waals surface area contributed by atoms with Crippen LogP contribution in [0.4, 0.5) is 13.6 Å². The largest absolute Gasteiger partial charge is 0.490 e. The highest BCUT2D eigenvalue weighted by molar-refractivity contribution is 5.95. The number of hydrogen-bond acceptors (Lipinski definition) is 5. The molecule has 2 rings (SSSR count). The summed E-state index contributed by atoms with van der Waals surface area (Å²) in [7, 11) is 1.53. The summed E-state index contributed by atoms with van der Waals surface area (Å²) in [5.41, 5.74) is 1.17. The zero-order valence-electron chi connectivity index (χ0n) is 15.5. The van der Waals surface area contributed by atoms with Gasteiger partial charge in [-0.2, -0.15) is 8.78 Å². The second-order valence-electron chi connectivity index (χ2n) is 5.68. The minimum absolute atomic E-state index is 0.0874. The molecule has 7 nitrogen and oxygen atoms in total. The van der Waals surface area contributed by atoms with Crippen molar-refractivity contribution in [3.05, 3.63) is 35.0 Å². The molecule has 1 heterocycles. The molecule has 1 aliphatic heterocycles. The maximum absolute atomic E-state index is 12.6. The van der Waals surface area contributed by atoms with Crippen LogP contribution in [-0.4, -0.2) is 43.8 Å². The molecule has 1 aliphatic rings. The lowest BCUT2D eigenvalue weighted by Gasteiger charge is -2.33. The molecule has 1 atom stereocenters. The number of hydrogen-bond donors (Lipinski definition) is 1. The zero-order chi connectivity index (χ0) is 20.1. The maximum atomic E-state index is 12.6. The number of amides is 2. The molecule has 0 saturated heterocycles. The van der Waals surface area contributed by atoms with E-state index in [1.807, 2.05) is 0 Å². The first-order valence-electron chi connectivity index (χ1n) is 8.43. The highest BCUT2D eigenvalue weighted by atomic mass is 19.3. The van der Waals surface area contributed by atoms with E-state index >= 15 is 0 Å². The van der Waals surface area contributed by atoms with Crippen LogP contribution in [-0.2, 0) is 9.53 Å². The Morgan fingerprint density at radius 1 is 1.26 bits per heavy atom. The number of halogens is 2. The lowest BCUT2D eigenvalue weighted by Crippen LogP contribution is -2.46. The van der Waals surface area contributed by atoms with E-state index in [9.17, 15) is 18.4 Å². The summed E-state index contributed by atoms with van der Waals surface area (Å²) < 4.78 is 40.1. The van der Waals surface area contributed by atoms with Gasteiger partial charge >= 0.3 is 18.6 Å². The number of carbonyl (C=O) groups excluding carboxylic acids is 2. The minimum Gasteiger partial charge on any atom is -0.490 e. The smallest absolute Gasteiger partial charge is 0.387 e. The Kier molecular flexibility index (Phi) is 6.59. The van der Waals surface area contributed by atoms with E-state index in [0.29, 0.717) is 11.3 Å². The molecule has 0 aliphatic carbocycles. The molecule has 0 aromatic heterocycles. The summed E-state index contributed by atoms with van der Waals surface area (Å²) in [4.78, 5) is 26.0. The van der Waals surface area contributed by atoms with E-state index in [2.05, 4.69) is 10.1 Å². The fraction of sp³-hybridized carbons (Fsp3) is 0.444. The van der Waals surface area contributed by atoms with Crippen LogP contribution in [0, 0.1) is 0 Å². The first-order valence-corrected chi connectivity index (χ1v) is 8.43. The quantitative estimate of drug-likeness (QED) is 0.731. The molecule has 0 spiro atoms. The average Bonchev–Trinajstić information content (AvgIpc) is 2.60. The van der Waals surface area contributed by atoms with Crippen LogP contribution in [0.1, 0.15) is 32.4 Å². The van der Waals surface area contributed by atoms with Gasteiger partial charge in [0.1, 0.15) is 0 Å². The Hall–Kier alpha value is -2.84. The van der Waals surface area contributed by atoms with E-state index in [1.165, 1.54) is 30.1 Å². The van der Waals surface area contributed by atoms with Gasteiger partial charge in [0, 0.05) is 12.7 Å². The summed E-state index contributed by atoms with van der Waals surface area (Å²) in [6, 6.07) is 3.05. The topological polar surface area (TPSA) is 77.1 Å². The Morgan fingerprint density at radius 2 is 1.96 bits per heavy atom. The second kappa shape index (κ2) is 8.70. The third-order valence-electron chi connectivity index (χ3n) is 4.07. The van der Waals surface area contributed by atoms with Gasteiger partial charge in [-0.3, -0.25) is 0 Å². The van der Waals surface area contributed by atoms with Crippen LogP contribution in [0.2, 0.25) is 0 Å². The summed E-state index contributed by atoms with van der Waals surface area (Å²) in [5, 5.41) is 2.72. The van der Waals surface area contributed by atoms with Crippen LogP contribution in [0.25, 0.3) is 0 Å². The van der Waals surface area contributed by atoms with Gasteiger partial charge in [-0.15, -0.1) is 0 Å². The summed E-state index contributed by atoms with van der Waals surface area (Å²) in [6.07, 6.45) is 0. The zero-order valence-corrected chi connectivity index (χ0v) is 15.5. The molecule has 0 saturated carbocycles. The molecule has 1 aromatic carbocycles. The predicted molar refractivity (Wildman–Crippen MR) is 92.6 cm³/mol. The molecule has 27 heavy (non-hydrogen) atoms. The van der Waals surface area contributed by atoms with E-state index in [4.69, 9.17) is 9.47 Å². The molecule has 2 amide bonds. The van der Waals surface area contributed by atoms with Crippen molar-refractivity contribution in [3.63, 3.8) is 0 Å². The van der Waals surface area contributed by atoms with Gasteiger partial charge < -0.3 is 24.4 Å². The summed E-state index contributed by atoms with van der Waals surface area (Å²) >= 11 is 0. The van der Waals surface area contributed by atoms with Crippen molar-refractivity contribution < 1.29 is 32.6 Å². The van der Waals surface area contributed by atoms with E-state index < -0.39 is 24.7 Å². The Labute approximate surface area is 155 Å². The fourth-order valence-corrected chi connectivity index (χ4v) is 2.72. The van der Waals surface area contributed by atoms with Gasteiger partial charge in [0.2, 0.25) is 0 Å². The Morgan fingerprint density at radius 3 is 2.56 bits per heavy atom. The molecule has 0 bridgehead atoms. The van der Waals surface area contributed by atoms with Crippen LogP contribution in [0.3, 0.4) is 0 Å². The van der Waals surface area contributed by atoms with Gasteiger partial charge in [-0.25, -0.2) is 9.59 Å². The molecule has 0 fully saturated rings. The molecule has 148 valence electrons. The number of nitrogens with one attached hydrogen (secondary N) is 1. The number of rotatable bonds is 7. The van der Waals surface area contributed by atoms with E-state index in [-0.39, 0.29) is 30.3 Å². The Bertz CT molecular complexity index is 751. The lowest BCUT2D eigenvalue weighted by atomic mass is 9.94. The van der Waals surface area contributed by atoms with E-state index in [0.717, 1.165) is 0 Å². The minimum atomic E-state index is -3.00. The summed E-state index contributed by atoms with van der Waals surface area (Å²) in [6.45, 7) is 2.40. The first kappa shape index (κ1) is 20.5. The molecule has 0 unspecified atom stereocenters. The number of allylic oxidation sites excluding steroid dienone is 1. The highest BCUT2D eigenvalue weighted by Crippen LogP contribution is 2.36. The molecular weight excluding hydrogens is 362 g/mol. The predicted octanol–water partition coefficient (Wildman–Crippen LogP) is 3.22. The second-order valence-corrected chi connectivity index (χ2v) is 5.68. The number of urea groups is 1. The van der Waals surface area contributed by atoms with Crippen LogP contribution in [0.5, 0.6) is 11.5 Å². The SMILES string of the molecule is CCOC(=O)C1=C(C)N(C)C(=O)N[C@H]1c1ccc(OC(F)F)c(OCC)c1. The van der Waals surface area contributed by atoms with Crippen molar-refractivity contribution in [2.24, 2.45) is 0 Å². The van der Waals surface area contributed by atoms with Gasteiger partial charge in [0.25, 0.3) is 0 Å². The first-order chi connectivity index (χ1) is 12.8. The van der Waals surface area contributed by atoms with Crippen molar-refractivity contribution in [1.82, 2.24) is 10.2 Å². The molecular formula is C18H22F2N2O5. The number of carbonyl (C=O) groups is 2. The van der Waals surface area contributed by atoms with Crippen LogP contribution >= 0.6 is 0 Å². The molecule has 1 N–H and O–H groups in total. The van der Waals surface area contributed by atoms with Gasteiger partial charge in [0.15, 0.2) is 11.5 Å². The van der Waals surface area contributed by atoms with Crippen molar-refractivity contribution in [3.8, 4) is 11.5 Å². The molecule has 1 aromatic rings. The van der Waals surface area contributed by atoms with Gasteiger partial charge in [-0.1, -0.05) is 6.07 Å². The van der Waals surface area contributed by atoms with Crippen LogP contribution < -0.4 is 14.8 Å². The molecule has 0 radical (unpaired) electrons. The third kappa shape index (κ3) is 4.47. The fourth-order valence-electron chi connectivity index (χ4n) is 2.72. The summed E-state index contributed by atoms with van der Waals surface area (Å²) in [5.74, 6) is -0.615. The normalized spacial score (nSPS) is 17.1.